The highest BCUT2D eigenvalue weighted by Gasteiger charge is 2.74. The molecule has 0 amide bonds. The van der Waals surface area contributed by atoms with Gasteiger partial charge in [-0.25, -0.2) is 9.59 Å². The first-order valence-corrected chi connectivity index (χ1v) is 10.8. The zero-order valence-corrected chi connectivity index (χ0v) is 19.0. The summed E-state index contributed by atoms with van der Waals surface area (Å²) in [7, 11) is 1.52. The molecule has 0 fully saturated rings. The van der Waals surface area contributed by atoms with Crippen molar-refractivity contribution in [3.05, 3.63) is 76.5 Å². The van der Waals surface area contributed by atoms with Crippen LogP contribution in [-0.4, -0.2) is 58.8 Å². The molecular formula is C25H25NO8. The van der Waals surface area contributed by atoms with Gasteiger partial charge in [-0.05, 0) is 31.5 Å². The molecule has 2 N–H and O–H groups in total. The van der Waals surface area contributed by atoms with Gasteiger partial charge in [0.1, 0.15) is 17.0 Å². The molecule has 2 atom stereocenters. The molecule has 2 aliphatic rings. The van der Waals surface area contributed by atoms with E-state index in [1.54, 1.807) is 50.2 Å². The molecule has 9 heteroatoms. The van der Waals surface area contributed by atoms with E-state index in [1.807, 2.05) is 0 Å². The van der Waals surface area contributed by atoms with Crippen molar-refractivity contribution >= 4 is 17.7 Å². The molecule has 0 aromatic heterocycles. The van der Waals surface area contributed by atoms with E-state index in [1.165, 1.54) is 19.2 Å². The zero-order chi connectivity index (χ0) is 24.7. The summed E-state index contributed by atoms with van der Waals surface area (Å²) in [5, 5.41) is 23.9. The van der Waals surface area contributed by atoms with Gasteiger partial charge in [0.05, 0.1) is 20.3 Å². The number of carbonyl (C=O) groups excluding carboxylic acids is 3. The molecule has 2 aromatic rings. The number of ketones is 1. The van der Waals surface area contributed by atoms with Crippen LogP contribution < -0.4 is 4.74 Å². The van der Waals surface area contributed by atoms with Crippen molar-refractivity contribution in [2.24, 2.45) is 0 Å². The summed E-state index contributed by atoms with van der Waals surface area (Å²) in [4.78, 5) is 40.8. The second-order valence-electron chi connectivity index (χ2n) is 7.86. The Morgan fingerprint density at radius 1 is 0.941 bits per heavy atom. The fraction of sp³-hybridized carbons (Fsp3) is 0.320. The molecule has 2 aromatic carbocycles. The van der Waals surface area contributed by atoms with Crippen LogP contribution in [0.25, 0.3) is 0 Å². The Bertz CT molecular complexity index is 1190. The van der Waals surface area contributed by atoms with Gasteiger partial charge < -0.3 is 29.3 Å². The van der Waals surface area contributed by atoms with Crippen LogP contribution in [0, 0.1) is 0 Å². The smallest absolute Gasteiger partial charge is 0.355 e. The summed E-state index contributed by atoms with van der Waals surface area (Å²) >= 11 is 0. The Balaban J connectivity index is 1.98. The number of methoxy groups -OCH3 is 1. The fourth-order valence-electron chi connectivity index (χ4n) is 4.60. The molecule has 178 valence electrons. The third-order valence-electron chi connectivity index (χ3n) is 6.09. The van der Waals surface area contributed by atoms with Gasteiger partial charge in [0, 0.05) is 17.7 Å². The van der Waals surface area contributed by atoms with Gasteiger partial charge in [0.2, 0.25) is 17.1 Å². The number of carbonyl (C=O) groups is 3. The van der Waals surface area contributed by atoms with Crippen molar-refractivity contribution in [3.63, 3.8) is 0 Å². The summed E-state index contributed by atoms with van der Waals surface area (Å²) in [5.74, 6) is -2.38. The molecule has 9 nitrogen and oxygen atoms in total. The highest BCUT2D eigenvalue weighted by molar-refractivity contribution is 6.18. The van der Waals surface area contributed by atoms with Crippen LogP contribution in [0.4, 0.5) is 0 Å². The lowest BCUT2D eigenvalue weighted by molar-refractivity contribution is -0.181. The van der Waals surface area contributed by atoms with Crippen LogP contribution in [-0.2, 0) is 31.3 Å². The van der Waals surface area contributed by atoms with Crippen molar-refractivity contribution in [1.82, 2.24) is 4.90 Å². The fourth-order valence-corrected chi connectivity index (χ4v) is 4.60. The Hall–Kier alpha value is -3.69. The summed E-state index contributed by atoms with van der Waals surface area (Å²) < 4.78 is 15.5. The van der Waals surface area contributed by atoms with Gasteiger partial charge in [-0.1, -0.05) is 36.4 Å². The van der Waals surface area contributed by atoms with Crippen molar-refractivity contribution in [2.75, 3.05) is 20.3 Å². The van der Waals surface area contributed by atoms with E-state index in [0.29, 0.717) is 11.3 Å². The number of esters is 2. The number of hydrogen-bond donors (Lipinski definition) is 2. The average Bonchev–Trinajstić information content (AvgIpc) is 3.15. The standard InChI is InChI=1S/C25H25NO8/c1-4-33-22(28)19-20(23(29)34-5-2)26(14-15-10-12-16(32-3)13-11-15)25(31)18-9-7-6-8-17(18)21(27)24(19,25)30/h6-13,30-31H,4-5,14H2,1-3H3/t24-,25+/m0/s1. The van der Waals surface area contributed by atoms with E-state index in [2.05, 4.69) is 0 Å². The number of aliphatic hydroxyl groups is 2. The van der Waals surface area contributed by atoms with Crippen LogP contribution in [0.15, 0.2) is 59.8 Å². The predicted octanol–water partition coefficient (Wildman–Crippen LogP) is 1.66. The third-order valence-corrected chi connectivity index (χ3v) is 6.09. The normalized spacial score (nSPS) is 23.0. The summed E-state index contributed by atoms with van der Waals surface area (Å²) in [6, 6.07) is 12.9. The zero-order valence-electron chi connectivity index (χ0n) is 19.0. The molecule has 0 saturated carbocycles. The van der Waals surface area contributed by atoms with Crippen molar-refractivity contribution in [2.45, 2.75) is 31.7 Å². The van der Waals surface area contributed by atoms with Gasteiger partial charge in [0.25, 0.3) is 0 Å². The first kappa shape index (κ1) is 23.5. The lowest BCUT2D eigenvalue weighted by Crippen LogP contribution is -2.57. The van der Waals surface area contributed by atoms with Crippen molar-refractivity contribution < 1.29 is 38.8 Å². The Morgan fingerprint density at radius 2 is 1.56 bits per heavy atom. The van der Waals surface area contributed by atoms with E-state index >= 15 is 0 Å². The maximum Gasteiger partial charge on any atom is 0.355 e. The minimum absolute atomic E-state index is 0.0315. The first-order chi connectivity index (χ1) is 16.2. The minimum Gasteiger partial charge on any atom is -0.497 e. The Kier molecular flexibility index (Phi) is 5.93. The second kappa shape index (κ2) is 8.58. The lowest BCUT2D eigenvalue weighted by atomic mass is 9.85. The van der Waals surface area contributed by atoms with Crippen molar-refractivity contribution in [3.8, 4) is 5.75 Å². The SMILES string of the molecule is CCOC(=O)C1=C(C(=O)OCC)[C@]2(O)C(=O)c3ccccc3[C@]2(O)N1Cc1ccc(OC)cc1. The number of nitrogens with zero attached hydrogens (tertiary/aromatic N) is 1. The molecule has 4 rings (SSSR count). The molecule has 1 aliphatic carbocycles. The molecule has 1 heterocycles. The Labute approximate surface area is 196 Å². The average molecular weight is 467 g/mol. The van der Waals surface area contributed by atoms with Crippen LogP contribution in [0.5, 0.6) is 5.75 Å². The van der Waals surface area contributed by atoms with E-state index in [9.17, 15) is 24.6 Å². The van der Waals surface area contributed by atoms with Crippen LogP contribution in [0.1, 0.15) is 35.3 Å². The maximum atomic E-state index is 13.5. The predicted molar refractivity (Wildman–Crippen MR) is 118 cm³/mol. The molecule has 34 heavy (non-hydrogen) atoms. The van der Waals surface area contributed by atoms with Gasteiger partial charge in [0.15, 0.2) is 0 Å². The largest absolute Gasteiger partial charge is 0.497 e. The topological polar surface area (TPSA) is 123 Å². The van der Waals surface area contributed by atoms with E-state index in [0.717, 1.165) is 4.90 Å². The molecule has 0 saturated heterocycles. The molecule has 0 radical (unpaired) electrons. The van der Waals surface area contributed by atoms with Crippen LogP contribution in [0.2, 0.25) is 0 Å². The van der Waals surface area contributed by atoms with Crippen LogP contribution >= 0.6 is 0 Å². The summed E-state index contributed by atoms with van der Waals surface area (Å²) in [5.41, 5.74) is -5.59. The van der Waals surface area contributed by atoms with E-state index in [4.69, 9.17) is 14.2 Å². The monoisotopic (exact) mass is 467 g/mol. The van der Waals surface area contributed by atoms with Gasteiger partial charge in [-0.3, -0.25) is 4.79 Å². The Morgan fingerprint density at radius 3 is 2.18 bits per heavy atom. The molecule has 0 bridgehead atoms. The number of rotatable bonds is 7. The molecule has 1 aliphatic heterocycles. The molecular weight excluding hydrogens is 442 g/mol. The number of fused-ring (bicyclic) bond motifs is 3. The molecule has 0 spiro atoms. The maximum absolute atomic E-state index is 13.5. The number of benzene rings is 2. The van der Waals surface area contributed by atoms with Crippen LogP contribution in [0.3, 0.4) is 0 Å². The summed E-state index contributed by atoms with van der Waals surface area (Å²) in [6.07, 6.45) is 0. The number of ether oxygens (including phenoxy) is 3. The van der Waals surface area contributed by atoms with E-state index < -0.39 is 40.3 Å². The number of hydrogen-bond acceptors (Lipinski definition) is 9. The summed E-state index contributed by atoms with van der Waals surface area (Å²) in [6.45, 7) is 2.88. The highest BCUT2D eigenvalue weighted by atomic mass is 16.5. The van der Waals surface area contributed by atoms with Crippen molar-refractivity contribution in [1.29, 1.82) is 0 Å². The van der Waals surface area contributed by atoms with Gasteiger partial charge in [-0.2, -0.15) is 0 Å². The first-order valence-electron chi connectivity index (χ1n) is 10.8. The van der Waals surface area contributed by atoms with Gasteiger partial charge >= 0.3 is 11.9 Å². The van der Waals surface area contributed by atoms with Gasteiger partial charge in [-0.15, -0.1) is 0 Å². The lowest BCUT2D eigenvalue weighted by Gasteiger charge is -2.39. The minimum atomic E-state index is -2.78. The third kappa shape index (κ3) is 3.12. The number of Topliss-reactive ketones (excluding diaryl/α,β-unsaturated/α-hetero) is 1. The quantitative estimate of drug-likeness (QED) is 0.585. The highest BCUT2D eigenvalue weighted by Crippen LogP contribution is 2.57. The molecule has 0 unspecified atom stereocenters. The van der Waals surface area contributed by atoms with E-state index in [-0.39, 0.29) is 30.9 Å². The second-order valence-corrected chi connectivity index (χ2v) is 7.86.